The van der Waals surface area contributed by atoms with Gasteiger partial charge in [0.2, 0.25) is 11.9 Å². The molecular formula is C28H31N7O5. The summed E-state index contributed by atoms with van der Waals surface area (Å²) >= 11 is 0. The Morgan fingerprint density at radius 3 is 2.30 bits per heavy atom. The summed E-state index contributed by atoms with van der Waals surface area (Å²) in [5.41, 5.74) is 3.27. The molecule has 12 nitrogen and oxygen atoms in total. The van der Waals surface area contributed by atoms with Crippen molar-refractivity contribution in [3.8, 4) is 11.4 Å². The van der Waals surface area contributed by atoms with Gasteiger partial charge < -0.3 is 34.6 Å². The van der Waals surface area contributed by atoms with Gasteiger partial charge in [-0.3, -0.25) is 0 Å². The van der Waals surface area contributed by atoms with E-state index in [1.54, 1.807) is 18.2 Å². The fraction of sp³-hybridized carbons (Fsp3) is 0.393. The molecule has 40 heavy (non-hydrogen) atoms. The van der Waals surface area contributed by atoms with Gasteiger partial charge in [-0.25, -0.2) is 9.59 Å². The van der Waals surface area contributed by atoms with Crippen LogP contribution in [0.25, 0.3) is 11.4 Å². The third-order valence-electron chi connectivity index (χ3n) is 7.15. The highest BCUT2D eigenvalue weighted by atomic mass is 16.5. The molecule has 2 saturated heterocycles. The van der Waals surface area contributed by atoms with Crippen LogP contribution in [0.2, 0.25) is 0 Å². The van der Waals surface area contributed by atoms with Crippen LogP contribution in [0.4, 0.5) is 28.1 Å². The average molecular weight is 546 g/mol. The Morgan fingerprint density at radius 1 is 0.875 bits per heavy atom. The Labute approximate surface area is 231 Å². The number of rotatable bonds is 5. The normalized spacial score (nSPS) is 20.6. The highest BCUT2D eigenvalue weighted by molar-refractivity contribution is 6.01. The molecule has 2 aromatic carbocycles. The van der Waals surface area contributed by atoms with Gasteiger partial charge in [0.25, 0.3) is 0 Å². The SMILES string of the molecule is C[C@@H]1COC[C@H](C)N1c1nc(-c2ccc(NC(=O)Nc3ccc4c(c3)COC4=O)cc2)nc(N2CCOCC2)n1. The molecule has 4 heterocycles. The van der Waals surface area contributed by atoms with Crippen molar-refractivity contribution in [2.75, 3.05) is 60.0 Å². The first-order valence-electron chi connectivity index (χ1n) is 13.4. The highest BCUT2D eigenvalue weighted by Crippen LogP contribution is 2.27. The summed E-state index contributed by atoms with van der Waals surface area (Å²) < 4.78 is 16.3. The molecule has 3 aliphatic rings. The first-order valence-corrected chi connectivity index (χ1v) is 13.4. The first-order chi connectivity index (χ1) is 19.4. The van der Waals surface area contributed by atoms with Crippen molar-refractivity contribution in [1.82, 2.24) is 15.0 Å². The lowest BCUT2D eigenvalue weighted by Gasteiger charge is -2.39. The minimum absolute atomic E-state index is 0.125. The molecular weight excluding hydrogens is 514 g/mol. The smallest absolute Gasteiger partial charge is 0.338 e. The standard InChI is InChI=1S/C28H31N7O5/c1-17-14-39-15-18(2)35(17)27-32-24(31-26(33-27)34-9-11-38-12-10-34)19-3-5-21(6-4-19)29-28(37)30-22-7-8-23-20(13-22)16-40-25(23)36/h3-8,13,17-18H,9-12,14-16H2,1-2H3,(H2,29,30,37)/t17-,18+. The number of carbonyl (C=O) groups is 2. The van der Waals surface area contributed by atoms with E-state index in [0.717, 1.165) is 11.1 Å². The predicted octanol–water partition coefficient (Wildman–Crippen LogP) is 3.30. The molecule has 0 bridgehead atoms. The zero-order valence-corrected chi connectivity index (χ0v) is 22.4. The van der Waals surface area contributed by atoms with E-state index in [9.17, 15) is 9.59 Å². The third kappa shape index (κ3) is 5.40. The van der Waals surface area contributed by atoms with Crippen LogP contribution in [-0.4, -0.2) is 78.6 Å². The van der Waals surface area contributed by atoms with Crippen molar-refractivity contribution in [2.45, 2.75) is 32.5 Å². The number of carbonyl (C=O) groups excluding carboxylic acids is 2. The van der Waals surface area contributed by atoms with E-state index < -0.39 is 6.03 Å². The number of nitrogens with one attached hydrogen (secondary N) is 2. The summed E-state index contributed by atoms with van der Waals surface area (Å²) in [7, 11) is 0. The Morgan fingerprint density at radius 2 is 1.55 bits per heavy atom. The molecule has 3 aliphatic heterocycles. The monoisotopic (exact) mass is 545 g/mol. The fourth-order valence-electron chi connectivity index (χ4n) is 5.11. The Hall–Kier alpha value is -4.29. The summed E-state index contributed by atoms with van der Waals surface area (Å²) in [4.78, 5) is 43.1. The summed E-state index contributed by atoms with van der Waals surface area (Å²) in [6.45, 7) is 8.31. The second-order valence-corrected chi connectivity index (χ2v) is 10.1. The third-order valence-corrected chi connectivity index (χ3v) is 7.15. The molecule has 3 aromatic rings. The molecule has 2 atom stereocenters. The fourth-order valence-corrected chi connectivity index (χ4v) is 5.11. The number of hydrogen-bond acceptors (Lipinski definition) is 10. The van der Waals surface area contributed by atoms with Crippen molar-refractivity contribution in [1.29, 1.82) is 0 Å². The van der Waals surface area contributed by atoms with Crippen molar-refractivity contribution in [3.05, 3.63) is 53.6 Å². The lowest BCUT2D eigenvalue weighted by molar-refractivity contribution is 0.0535. The number of anilines is 4. The van der Waals surface area contributed by atoms with Crippen molar-refractivity contribution in [2.24, 2.45) is 0 Å². The Kier molecular flexibility index (Phi) is 7.18. The number of cyclic esters (lactones) is 1. The predicted molar refractivity (Wildman–Crippen MR) is 149 cm³/mol. The van der Waals surface area contributed by atoms with E-state index in [2.05, 4.69) is 34.3 Å². The number of aromatic nitrogens is 3. The number of fused-ring (bicyclic) bond motifs is 1. The quantitative estimate of drug-likeness (QED) is 0.461. The number of hydrogen-bond donors (Lipinski definition) is 2. The van der Waals surface area contributed by atoms with Gasteiger partial charge in [0, 0.05) is 35.6 Å². The van der Waals surface area contributed by atoms with Crippen LogP contribution in [0.5, 0.6) is 0 Å². The molecule has 0 unspecified atom stereocenters. The van der Waals surface area contributed by atoms with E-state index in [-0.39, 0.29) is 24.7 Å². The van der Waals surface area contributed by atoms with Crippen LogP contribution in [0, 0.1) is 0 Å². The maximum absolute atomic E-state index is 12.6. The molecule has 12 heteroatoms. The molecule has 1 aromatic heterocycles. The van der Waals surface area contributed by atoms with Gasteiger partial charge in [-0.15, -0.1) is 0 Å². The van der Waals surface area contributed by atoms with Crippen LogP contribution in [0.15, 0.2) is 42.5 Å². The molecule has 2 fully saturated rings. The van der Waals surface area contributed by atoms with E-state index in [1.165, 1.54) is 0 Å². The highest BCUT2D eigenvalue weighted by Gasteiger charge is 2.29. The molecule has 6 rings (SSSR count). The molecule has 208 valence electrons. The largest absolute Gasteiger partial charge is 0.457 e. The van der Waals surface area contributed by atoms with E-state index in [0.29, 0.717) is 74.2 Å². The second-order valence-electron chi connectivity index (χ2n) is 10.1. The molecule has 0 saturated carbocycles. The van der Waals surface area contributed by atoms with Crippen molar-refractivity contribution >= 4 is 35.3 Å². The summed E-state index contributed by atoms with van der Waals surface area (Å²) in [5, 5.41) is 5.63. The molecule has 0 aliphatic carbocycles. The summed E-state index contributed by atoms with van der Waals surface area (Å²) in [6, 6.07) is 12.3. The molecule has 0 spiro atoms. The summed E-state index contributed by atoms with van der Waals surface area (Å²) in [6.07, 6.45) is 0. The van der Waals surface area contributed by atoms with Crippen LogP contribution < -0.4 is 20.4 Å². The average Bonchev–Trinajstić information content (AvgIpc) is 3.33. The number of amides is 2. The second kappa shape index (κ2) is 11.1. The lowest BCUT2D eigenvalue weighted by atomic mass is 10.1. The number of esters is 1. The van der Waals surface area contributed by atoms with Crippen LogP contribution in [-0.2, 0) is 20.8 Å². The van der Waals surface area contributed by atoms with E-state index in [4.69, 9.17) is 29.2 Å². The minimum atomic E-state index is -0.398. The molecule has 2 N–H and O–H groups in total. The van der Waals surface area contributed by atoms with Crippen LogP contribution in [0.1, 0.15) is 29.8 Å². The van der Waals surface area contributed by atoms with Crippen molar-refractivity contribution < 1.29 is 23.8 Å². The van der Waals surface area contributed by atoms with Crippen LogP contribution >= 0.6 is 0 Å². The van der Waals surface area contributed by atoms with Crippen molar-refractivity contribution in [3.63, 3.8) is 0 Å². The summed E-state index contributed by atoms with van der Waals surface area (Å²) in [5.74, 6) is 1.46. The van der Waals surface area contributed by atoms with Gasteiger partial charge in [0.05, 0.1) is 44.1 Å². The lowest BCUT2D eigenvalue weighted by Crippen LogP contribution is -2.50. The zero-order valence-electron chi connectivity index (χ0n) is 22.4. The number of benzene rings is 2. The minimum Gasteiger partial charge on any atom is -0.457 e. The van der Waals surface area contributed by atoms with E-state index in [1.807, 2.05) is 24.3 Å². The van der Waals surface area contributed by atoms with Gasteiger partial charge in [-0.05, 0) is 56.3 Å². The van der Waals surface area contributed by atoms with E-state index >= 15 is 0 Å². The number of nitrogens with zero attached hydrogens (tertiary/aromatic N) is 5. The number of ether oxygens (including phenoxy) is 3. The number of morpholine rings is 2. The zero-order chi connectivity index (χ0) is 27.6. The van der Waals surface area contributed by atoms with Gasteiger partial charge >= 0.3 is 12.0 Å². The van der Waals surface area contributed by atoms with Gasteiger partial charge in [-0.1, -0.05) is 0 Å². The van der Waals surface area contributed by atoms with Gasteiger partial charge in [-0.2, -0.15) is 15.0 Å². The van der Waals surface area contributed by atoms with Gasteiger partial charge in [0.1, 0.15) is 6.61 Å². The molecule has 0 radical (unpaired) electrons. The van der Waals surface area contributed by atoms with Gasteiger partial charge in [0.15, 0.2) is 5.82 Å². The topological polar surface area (TPSA) is 131 Å². The number of urea groups is 1. The van der Waals surface area contributed by atoms with Crippen LogP contribution in [0.3, 0.4) is 0 Å². The maximum atomic E-state index is 12.6. The Balaban J connectivity index is 1.21. The Bertz CT molecular complexity index is 1400. The first kappa shape index (κ1) is 26.0. The maximum Gasteiger partial charge on any atom is 0.338 e. The molecule has 2 amide bonds.